The molecular weight excluding hydrogens is 324 g/mol. The van der Waals surface area contributed by atoms with Crippen LogP contribution in [0.15, 0.2) is 22.7 Å². The lowest BCUT2D eigenvalue weighted by atomic mass is 9.89. The van der Waals surface area contributed by atoms with Gasteiger partial charge in [-0.2, -0.15) is 0 Å². The maximum Gasteiger partial charge on any atom is 0.0485 e. The molecule has 0 radical (unpaired) electrons. The van der Waals surface area contributed by atoms with E-state index in [1.165, 1.54) is 6.42 Å². The molecule has 1 aliphatic heterocycles. The Morgan fingerprint density at radius 3 is 2.58 bits per heavy atom. The molecule has 1 heterocycles. The van der Waals surface area contributed by atoms with Gasteiger partial charge in [0, 0.05) is 35.2 Å². The maximum atomic E-state index is 6.36. The average molecular weight is 346 g/mol. The first-order valence-electron chi connectivity index (χ1n) is 6.90. The van der Waals surface area contributed by atoms with Gasteiger partial charge in [-0.1, -0.05) is 41.4 Å². The number of hydrogen-bond donors (Lipinski definition) is 1. The van der Waals surface area contributed by atoms with Gasteiger partial charge in [0.1, 0.15) is 0 Å². The Hall–Kier alpha value is -0.0900. The zero-order valence-electron chi connectivity index (χ0n) is 11.6. The fourth-order valence-corrected chi connectivity index (χ4v) is 3.83. The molecule has 1 aromatic carbocycles. The van der Waals surface area contributed by atoms with Crippen LogP contribution in [0.5, 0.6) is 0 Å². The van der Waals surface area contributed by atoms with Gasteiger partial charge < -0.3 is 5.73 Å². The second-order valence-electron chi connectivity index (χ2n) is 5.82. The van der Waals surface area contributed by atoms with Crippen LogP contribution < -0.4 is 5.73 Å². The van der Waals surface area contributed by atoms with Gasteiger partial charge in [-0.3, -0.25) is 4.90 Å². The Kier molecular flexibility index (Phi) is 5.29. The van der Waals surface area contributed by atoms with Gasteiger partial charge in [-0.15, -0.1) is 0 Å². The minimum atomic E-state index is 0.218. The smallest absolute Gasteiger partial charge is 0.0485 e. The first-order chi connectivity index (χ1) is 9.01. The van der Waals surface area contributed by atoms with Crippen molar-refractivity contribution >= 4 is 27.5 Å². The number of benzene rings is 1. The van der Waals surface area contributed by atoms with Crippen molar-refractivity contribution in [3.63, 3.8) is 0 Å². The van der Waals surface area contributed by atoms with Crippen molar-refractivity contribution < 1.29 is 0 Å². The molecule has 1 aliphatic rings. The molecule has 4 heteroatoms. The molecule has 0 aromatic heterocycles. The first kappa shape index (κ1) is 15.3. The molecule has 2 rings (SSSR count). The van der Waals surface area contributed by atoms with Gasteiger partial charge in [0.25, 0.3) is 0 Å². The lowest BCUT2D eigenvalue weighted by Crippen LogP contribution is -2.43. The molecule has 19 heavy (non-hydrogen) atoms. The molecule has 106 valence electrons. The van der Waals surface area contributed by atoms with E-state index >= 15 is 0 Å². The quantitative estimate of drug-likeness (QED) is 0.894. The summed E-state index contributed by atoms with van der Waals surface area (Å²) < 4.78 is 1.06. The van der Waals surface area contributed by atoms with Gasteiger partial charge in [0.15, 0.2) is 0 Å². The minimum Gasteiger partial charge on any atom is -0.329 e. The molecule has 0 saturated carbocycles. The van der Waals surface area contributed by atoms with E-state index < -0.39 is 0 Å². The molecular formula is C15H22BrClN2. The van der Waals surface area contributed by atoms with Crippen LogP contribution in [0.1, 0.15) is 31.9 Å². The zero-order valence-corrected chi connectivity index (χ0v) is 13.9. The highest BCUT2D eigenvalue weighted by atomic mass is 79.9. The number of hydrogen-bond acceptors (Lipinski definition) is 2. The van der Waals surface area contributed by atoms with Crippen LogP contribution in [0.3, 0.4) is 0 Å². The molecule has 1 fully saturated rings. The summed E-state index contributed by atoms with van der Waals surface area (Å²) in [5, 5.41) is 0.810. The molecule has 1 aromatic rings. The van der Waals surface area contributed by atoms with E-state index in [9.17, 15) is 0 Å². The standard InChI is InChI=1S/C15H22BrClN2/c1-10-5-11(2)9-19(8-10)15(7-18)13-6-12(16)3-4-14(13)17/h3-4,6,10-11,15H,5,7-9,18H2,1-2H3. The summed E-state index contributed by atoms with van der Waals surface area (Å²) >= 11 is 9.88. The predicted octanol–water partition coefficient (Wildman–Crippen LogP) is 4.08. The van der Waals surface area contributed by atoms with Crippen molar-refractivity contribution in [2.45, 2.75) is 26.3 Å². The molecule has 0 spiro atoms. The number of nitrogens with zero attached hydrogens (tertiary/aromatic N) is 1. The van der Waals surface area contributed by atoms with E-state index in [1.807, 2.05) is 12.1 Å². The number of likely N-dealkylation sites (tertiary alicyclic amines) is 1. The fourth-order valence-electron chi connectivity index (χ4n) is 3.21. The molecule has 3 unspecified atom stereocenters. The topological polar surface area (TPSA) is 29.3 Å². The predicted molar refractivity (Wildman–Crippen MR) is 85.5 cm³/mol. The Balaban J connectivity index is 2.26. The van der Waals surface area contributed by atoms with Gasteiger partial charge in [-0.05, 0) is 42.0 Å². The monoisotopic (exact) mass is 344 g/mol. The van der Waals surface area contributed by atoms with Gasteiger partial charge in [-0.25, -0.2) is 0 Å². The van der Waals surface area contributed by atoms with Crippen molar-refractivity contribution in [2.24, 2.45) is 17.6 Å². The number of piperidine rings is 1. The third-order valence-corrected chi connectivity index (χ3v) is 4.72. The minimum absolute atomic E-state index is 0.218. The molecule has 0 bridgehead atoms. The molecule has 2 nitrogen and oxygen atoms in total. The summed E-state index contributed by atoms with van der Waals surface area (Å²) in [5.41, 5.74) is 7.17. The van der Waals surface area contributed by atoms with Gasteiger partial charge >= 0.3 is 0 Å². The molecule has 3 atom stereocenters. The lowest BCUT2D eigenvalue weighted by molar-refractivity contribution is 0.0984. The Morgan fingerprint density at radius 1 is 1.37 bits per heavy atom. The average Bonchev–Trinajstić information content (AvgIpc) is 2.33. The molecule has 0 aliphatic carbocycles. The van der Waals surface area contributed by atoms with E-state index in [4.69, 9.17) is 17.3 Å². The Morgan fingerprint density at radius 2 is 2.00 bits per heavy atom. The second kappa shape index (κ2) is 6.57. The number of rotatable bonds is 3. The highest BCUT2D eigenvalue weighted by molar-refractivity contribution is 9.10. The van der Waals surface area contributed by atoms with Crippen LogP contribution in [-0.4, -0.2) is 24.5 Å². The summed E-state index contributed by atoms with van der Waals surface area (Å²) in [6.07, 6.45) is 1.31. The number of halogens is 2. The van der Waals surface area contributed by atoms with Crippen LogP contribution in [0.25, 0.3) is 0 Å². The summed E-state index contributed by atoms with van der Waals surface area (Å²) in [5.74, 6) is 1.45. The Bertz CT molecular complexity index is 428. The summed E-state index contributed by atoms with van der Waals surface area (Å²) in [6, 6.07) is 6.24. The lowest BCUT2D eigenvalue weighted by Gasteiger charge is -2.40. The van der Waals surface area contributed by atoms with Crippen LogP contribution in [-0.2, 0) is 0 Å². The third kappa shape index (κ3) is 3.72. The van der Waals surface area contributed by atoms with Crippen LogP contribution in [0, 0.1) is 11.8 Å². The largest absolute Gasteiger partial charge is 0.329 e. The van der Waals surface area contributed by atoms with E-state index in [2.05, 4.69) is 40.7 Å². The van der Waals surface area contributed by atoms with Gasteiger partial charge in [0.2, 0.25) is 0 Å². The summed E-state index contributed by atoms with van der Waals surface area (Å²) in [7, 11) is 0. The number of nitrogens with two attached hydrogens (primary N) is 1. The highest BCUT2D eigenvalue weighted by Gasteiger charge is 2.28. The second-order valence-corrected chi connectivity index (χ2v) is 7.14. The van der Waals surface area contributed by atoms with E-state index in [1.54, 1.807) is 0 Å². The normalized spacial score (nSPS) is 26.4. The van der Waals surface area contributed by atoms with Crippen molar-refractivity contribution in [1.82, 2.24) is 4.90 Å². The SMILES string of the molecule is CC1CC(C)CN(C(CN)c2cc(Br)ccc2Cl)C1. The third-order valence-electron chi connectivity index (χ3n) is 3.88. The van der Waals surface area contributed by atoms with Crippen molar-refractivity contribution in [3.8, 4) is 0 Å². The van der Waals surface area contributed by atoms with E-state index in [-0.39, 0.29) is 6.04 Å². The zero-order chi connectivity index (χ0) is 14.0. The maximum absolute atomic E-state index is 6.36. The van der Waals surface area contributed by atoms with E-state index in [0.717, 1.165) is 40.0 Å². The molecule has 1 saturated heterocycles. The van der Waals surface area contributed by atoms with Crippen LogP contribution >= 0.6 is 27.5 Å². The van der Waals surface area contributed by atoms with Gasteiger partial charge in [0.05, 0.1) is 0 Å². The highest BCUT2D eigenvalue weighted by Crippen LogP contribution is 2.33. The summed E-state index contributed by atoms with van der Waals surface area (Å²) in [4.78, 5) is 2.49. The van der Waals surface area contributed by atoms with Crippen LogP contribution in [0.2, 0.25) is 5.02 Å². The van der Waals surface area contributed by atoms with Crippen molar-refractivity contribution in [1.29, 1.82) is 0 Å². The fraction of sp³-hybridized carbons (Fsp3) is 0.600. The van der Waals surface area contributed by atoms with Crippen LogP contribution in [0.4, 0.5) is 0 Å². The Labute approximate surface area is 129 Å². The van der Waals surface area contributed by atoms with Crippen molar-refractivity contribution in [3.05, 3.63) is 33.3 Å². The van der Waals surface area contributed by atoms with E-state index in [0.29, 0.717) is 6.54 Å². The molecule has 2 N–H and O–H groups in total. The first-order valence-corrected chi connectivity index (χ1v) is 8.07. The summed E-state index contributed by atoms with van der Waals surface area (Å²) in [6.45, 7) is 7.46. The molecule has 0 amide bonds. The van der Waals surface area contributed by atoms with Crippen molar-refractivity contribution in [2.75, 3.05) is 19.6 Å².